The molecule has 134 valence electrons. The van der Waals surface area contributed by atoms with Gasteiger partial charge in [0, 0.05) is 30.9 Å². The Morgan fingerprint density at radius 1 is 1.40 bits per heavy atom. The molecule has 1 saturated heterocycles. The van der Waals surface area contributed by atoms with Crippen LogP contribution in [-0.4, -0.2) is 33.7 Å². The summed E-state index contributed by atoms with van der Waals surface area (Å²) in [7, 11) is 2.00. The van der Waals surface area contributed by atoms with E-state index in [9.17, 15) is 4.79 Å². The van der Waals surface area contributed by atoms with Crippen LogP contribution in [0.25, 0.3) is 0 Å². The lowest BCUT2D eigenvalue weighted by Gasteiger charge is -2.25. The smallest absolute Gasteiger partial charge is 0.255 e. The predicted octanol–water partition coefficient (Wildman–Crippen LogP) is 2.24. The standard InChI is InChI=1S/C19H26N4O2/c1-13-19(14(2)22(3)21-13)17-8-5-9-23(17)11-15-6-4-7-16(10-15)25-12-18(20)24/h4,6-7,10,17H,5,8-9,11-12H2,1-3H3,(H2,20,24). The SMILES string of the molecule is Cc1nn(C)c(C)c1C1CCCN1Cc1cccc(OCC(N)=O)c1. The van der Waals surface area contributed by atoms with E-state index in [4.69, 9.17) is 10.5 Å². The van der Waals surface area contributed by atoms with Gasteiger partial charge in [-0.15, -0.1) is 0 Å². The molecule has 0 aliphatic carbocycles. The Labute approximate surface area is 148 Å². The molecule has 0 spiro atoms. The number of aryl methyl sites for hydroxylation is 2. The Kier molecular flexibility index (Phi) is 5.08. The molecule has 1 amide bonds. The number of hydrogen-bond acceptors (Lipinski definition) is 4. The Hall–Kier alpha value is -2.34. The second-order valence-corrected chi connectivity index (χ2v) is 6.74. The van der Waals surface area contributed by atoms with Gasteiger partial charge in [-0.2, -0.15) is 5.10 Å². The Morgan fingerprint density at radius 3 is 2.88 bits per heavy atom. The average molecular weight is 342 g/mol. The maximum absolute atomic E-state index is 10.9. The lowest BCUT2D eigenvalue weighted by Crippen LogP contribution is -2.24. The van der Waals surface area contributed by atoms with Gasteiger partial charge in [-0.3, -0.25) is 14.4 Å². The zero-order valence-corrected chi connectivity index (χ0v) is 15.2. The van der Waals surface area contributed by atoms with Crippen molar-refractivity contribution in [2.45, 2.75) is 39.3 Å². The van der Waals surface area contributed by atoms with E-state index in [0.29, 0.717) is 11.8 Å². The molecule has 1 aromatic carbocycles. The highest BCUT2D eigenvalue weighted by Gasteiger charge is 2.30. The van der Waals surface area contributed by atoms with Crippen LogP contribution < -0.4 is 10.5 Å². The summed E-state index contributed by atoms with van der Waals surface area (Å²) in [5.74, 6) is 0.216. The Balaban J connectivity index is 1.75. The summed E-state index contributed by atoms with van der Waals surface area (Å²) in [6.07, 6.45) is 2.35. The average Bonchev–Trinajstić information content (AvgIpc) is 3.10. The molecule has 1 aliphatic rings. The third-order valence-corrected chi connectivity index (χ3v) is 4.93. The van der Waals surface area contributed by atoms with E-state index < -0.39 is 5.91 Å². The van der Waals surface area contributed by atoms with Gasteiger partial charge >= 0.3 is 0 Å². The molecule has 2 N–H and O–H groups in total. The van der Waals surface area contributed by atoms with Crippen LogP contribution in [0.3, 0.4) is 0 Å². The van der Waals surface area contributed by atoms with Gasteiger partial charge in [0.05, 0.1) is 5.69 Å². The van der Waals surface area contributed by atoms with Crippen molar-refractivity contribution in [3.8, 4) is 5.75 Å². The minimum absolute atomic E-state index is 0.0934. The fourth-order valence-corrected chi connectivity index (χ4v) is 3.74. The molecule has 0 radical (unpaired) electrons. The monoisotopic (exact) mass is 342 g/mol. The molecule has 2 aromatic rings. The number of ether oxygens (including phenoxy) is 1. The largest absolute Gasteiger partial charge is 0.484 e. The number of hydrogen-bond donors (Lipinski definition) is 1. The van der Waals surface area contributed by atoms with Gasteiger partial charge in [-0.05, 0) is 50.9 Å². The molecule has 25 heavy (non-hydrogen) atoms. The number of likely N-dealkylation sites (tertiary alicyclic amines) is 1. The first-order valence-electron chi connectivity index (χ1n) is 8.70. The van der Waals surface area contributed by atoms with Crippen molar-refractivity contribution in [2.24, 2.45) is 12.8 Å². The zero-order chi connectivity index (χ0) is 18.0. The van der Waals surface area contributed by atoms with Gasteiger partial charge in [0.2, 0.25) is 0 Å². The van der Waals surface area contributed by atoms with Crippen LogP contribution in [0.4, 0.5) is 0 Å². The fraction of sp³-hybridized carbons (Fsp3) is 0.474. The molecular formula is C19H26N4O2. The summed E-state index contributed by atoms with van der Waals surface area (Å²) >= 11 is 0. The molecule has 1 unspecified atom stereocenters. The molecule has 6 heteroatoms. The lowest BCUT2D eigenvalue weighted by atomic mass is 10.0. The Morgan fingerprint density at radius 2 is 2.20 bits per heavy atom. The number of rotatable bonds is 6. The topological polar surface area (TPSA) is 73.4 Å². The summed E-state index contributed by atoms with van der Waals surface area (Å²) in [5.41, 5.74) is 10.0. The maximum atomic E-state index is 10.9. The van der Waals surface area contributed by atoms with Crippen LogP contribution in [-0.2, 0) is 18.4 Å². The van der Waals surface area contributed by atoms with Crippen LogP contribution in [0.1, 0.15) is 41.4 Å². The van der Waals surface area contributed by atoms with Crippen LogP contribution in [0, 0.1) is 13.8 Å². The Bertz CT molecular complexity index is 769. The highest BCUT2D eigenvalue weighted by atomic mass is 16.5. The summed E-state index contributed by atoms with van der Waals surface area (Å²) in [4.78, 5) is 13.4. The summed E-state index contributed by atoms with van der Waals surface area (Å²) in [6, 6.07) is 8.29. The third kappa shape index (κ3) is 3.85. The molecule has 3 rings (SSSR count). The van der Waals surface area contributed by atoms with Crippen LogP contribution in [0.5, 0.6) is 5.75 Å². The highest BCUT2D eigenvalue weighted by Crippen LogP contribution is 2.36. The first-order chi connectivity index (χ1) is 12.0. The molecule has 1 aromatic heterocycles. The quantitative estimate of drug-likeness (QED) is 0.874. The van der Waals surface area contributed by atoms with Crippen molar-refractivity contribution in [1.29, 1.82) is 0 Å². The number of primary amides is 1. The summed E-state index contributed by atoms with van der Waals surface area (Å²) in [5, 5.41) is 4.58. The predicted molar refractivity (Wildman–Crippen MR) is 96.2 cm³/mol. The van der Waals surface area contributed by atoms with E-state index in [1.807, 2.05) is 29.9 Å². The van der Waals surface area contributed by atoms with Gasteiger partial charge in [0.25, 0.3) is 5.91 Å². The second-order valence-electron chi connectivity index (χ2n) is 6.74. The van der Waals surface area contributed by atoms with E-state index >= 15 is 0 Å². The van der Waals surface area contributed by atoms with Crippen molar-refractivity contribution < 1.29 is 9.53 Å². The molecule has 0 bridgehead atoms. The normalized spacial score (nSPS) is 17.8. The first-order valence-corrected chi connectivity index (χ1v) is 8.70. The molecule has 1 aliphatic heterocycles. The van der Waals surface area contributed by atoms with Crippen LogP contribution >= 0.6 is 0 Å². The maximum Gasteiger partial charge on any atom is 0.255 e. The van der Waals surface area contributed by atoms with E-state index in [1.54, 1.807) is 0 Å². The molecule has 2 heterocycles. The molecule has 1 atom stereocenters. The van der Waals surface area contributed by atoms with Gasteiger partial charge in [-0.1, -0.05) is 12.1 Å². The summed E-state index contributed by atoms with van der Waals surface area (Å²) in [6.45, 7) is 6.07. The number of nitrogens with zero attached hydrogens (tertiary/aromatic N) is 3. The van der Waals surface area contributed by atoms with Crippen molar-refractivity contribution in [3.05, 3.63) is 46.8 Å². The minimum Gasteiger partial charge on any atom is -0.484 e. The number of benzene rings is 1. The van der Waals surface area contributed by atoms with Crippen molar-refractivity contribution >= 4 is 5.91 Å². The summed E-state index contributed by atoms with van der Waals surface area (Å²) < 4.78 is 7.39. The molecule has 6 nitrogen and oxygen atoms in total. The van der Waals surface area contributed by atoms with E-state index in [1.165, 1.54) is 23.2 Å². The number of carbonyl (C=O) groups excluding carboxylic acids is 1. The van der Waals surface area contributed by atoms with Gasteiger partial charge in [0.1, 0.15) is 5.75 Å². The van der Waals surface area contributed by atoms with Crippen molar-refractivity contribution in [1.82, 2.24) is 14.7 Å². The van der Waals surface area contributed by atoms with Crippen LogP contribution in [0.15, 0.2) is 24.3 Å². The minimum atomic E-state index is -0.465. The fourth-order valence-electron chi connectivity index (χ4n) is 3.74. The molecule has 1 fully saturated rings. The second kappa shape index (κ2) is 7.27. The number of carbonyl (C=O) groups is 1. The molecule has 0 saturated carbocycles. The van der Waals surface area contributed by atoms with Gasteiger partial charge in [-0.25, -0.2) is 0 Å². The van der Waals surface area contributed by atoms with Crippen molar-refractivity contribution in [2.75, 3.05) is 13.2 Å². The number of amides is 1. The van der Waals surface area contributed by atoms with E-state index in [0.717, 1.165) is 25.2 Å². The molecular weight excluding hydrogens is 316 g/mol. The van der Waals surface area contributed by atoms with E-state index in [-0.39, 0.29) is 6.61 Å². The number of nitrogens with two attached hydrogens (primary N) is 1. The third-order valence-electron chi connectivity index (χ3n) is 4.93. The zero-order valence-electron chi connectivity index (χ0n) is 15.2. The lowest BCUT2D eigenvalue weighted by molar-refractivity contribution is -0.119. The number of aromatic nitrogens is 2. The highest BCUT2D eigenvalue weighted by molar-refractivity contribution is 5.75. The van der Waals surface area contributed by atoms with Gasteiger partial charge < -0.3 is 10.5 Å². The first kappa shape index (κ1) is 17.5. The van der Waals surface area contributed by atoms with Crippen molar-refractivity contribution in [3.63, 3.8) is 0 Å². The van der Waals surface area contributed by atoms with E-state index in [2.05, 4.69) is 29.9 Å². The van der Waals surface area contributed by atoms with Gasteiger partial charge in [0.15, 0.2) is 6.61 Å². The van der Waals surface area contributed by atoms with Crippen LogP contribution in [0.2, 0.25) is 0 Å².